The molecule has 1 aliphatic carbocycles. The summed E-state index contributed by atoms with van der Waals surface area (Å²) in [6.45, 7) is 1.57. The monoisotopic (exact) mass is 293 g/mol. The maximum absolute atomic E-state index is 9.92. The van der Waals surface area contributed by atoms with Crippen molar-refractivity contribution in [2.45, 2.75) is 51.2 Å². The first-order valence-electron chi connectivity index (χ1n) is 7.95. The standard InChI is InChI=1S/C17H27NO3/c1-21-15-9-8-14(17(20)11-15)12-18-10-4-6-13-5-2-3-7-16(13)19/h8-9,11,13,16,18-20H,2-7,10,12H2,1H3. The fraction of sp³-hybridized carbons (Fsp3) is 0.647. The van der Waals surface area contributed by atoms with E-state index in [1.807, 2.05) is 12.1 Å². The second-order valence-electron chi connectivity index (χ2n) is 5.93. The Hall–Kier alpha value is -1.26. The van der Waals surface area contributed by atoms with Gasteiger partial charge in [-0.2, -0.15) is 0 Å². The van der Waals surface area contributed by atoms with Crippen molar-refractivity contribution in [2.75, 3.05) is 13.7 Å². The summed E-state index contributed by atoms with van der Waals surface area (Å²) in [5.74, 6) is 1.42. The lowest BCUT2D eigenvalue weighted by Crippen LogP contribution is -2.25. The third kappa shape index (κ3) is 4.90. The average Bonchev–Trinajstić information content (AvgIpc) is 2.50. The van der Waals surface area contributed by atoms with Gasteiger partial charge in [0.1, 0.15) is 11.5 Å². The number of phenols is 1. The van der Waals surface area contributed by atoms with Crippen molar-refractivity contribution < 1.29 is 14.9 Å². The molecule has 0 heterocycles. The van der Waals surface area contributed by atoms with Gasteiger partial charge >= 0.3 is 0 Å². The number of hydrogen-bond acceptors (Lipinski definition) is 4. The summed E-state index contributed by atoms with van der Waals surface area (Å²) in [4.78, 5) is 0. The Morgan fingerprint density at radius 3 is 2.81 bits per heavy atom. The molecule has 1 aromatic rings. The molecule has 1 saturated carbocycles. The molecule has 0 bridgehead atoms. The number of nitrogens with one attached hydrogen (secondary N) is 1. The molecule has 4 nitrogen and oxygen atoms in total. The molecule has 0 amide bonds. The average molecular weight is 293 g/mol. The number of aromatic hydroxyl groups is 1. The van der Waals surface area contributed by atoms with Gasteiger partial charge in [0.15, 0.2) is 0 Å². The number of benzene rings is 1. The van der Waals surface area contributed by atoms with Gasteiger partial charge in [0.05, 0.1) is 13.2 Å². The number of methoxy groups -OCH3 is 1. The molecule has 1 fully saturated rings. The lowest BCUT2D eigenvalue weighted by molar-refractivity contribution is 0.0643. The zero-order valence-electron chi connectivity index (χ0n) is 12.8. The van der Waals surface area contributed by atoms with E-state index in [1.54, 1.807) is 13.2 Å². The van der Waals surface area contributed by atoms with Crippen molar-refractivity contribution >= 4 is 0 Å². The highest BCUT2D eigenvalue weighted by Gasteiger charge is 2.22. The number of hydrogen-bond donors (Lipinski definition) is 3. The van der Waals surface area contributed by atoms with Crippen molar-refractivity contribution in [3.63, 3.8) is 0 Å². The van der Waals surface area contributed by atoms with Crippen LogP contribution in [0.25, 0.3) is 0 Å². The number of aliphatic hydroxyl groups is 1. The van der Waals surface area contributed by atoms with Crippen molar-refractivity contribution in [3.8, 4) is 11.5 Å². The summed E-state index contributed by atoms with van der Waals surface area (Å²) in [5, 5.41) is 23.1. The second kappa shape index (κ2) is 8.25. The molecule has 1 aliphatic rings. The summed E-state index contributed by atoms with van der Waals surface area (Å²) < 4.78 is 5.07. The van der Waals surface area contributed by atoms with E-state index in [0.29, 0.717) is 18.2 Å². The van der Waals surface area contributed by atoms with Gasteiger partial charge in [0.2, 0.25) is 0 Å². The first kappa shape index (κ1) is 16.1. The van der Waals surface area contributed by atoms with Crippen molar-refractivity contribution in [3.05, 3.63) is 23.8 Å². The maximum Gasteiger partial charge on any atom is 0.123 e. The van der Waals surface area contributed by atoms with E-state index in [-0.39, 0.29) is 11.9 Å². The van der Waals surface area contributed by atoms with Crippen LogP contribution in [0.1, 0.15) is 44.1 Å². The van der Waals surface area contributed by atoms with Gasteiger partial charge in [0.25, 0.3) is 0 Å². The van der Waals surface area contributed by atoms with Crippen LogP contribution in [-0.2, 0) is 6.54 Å². The van der Waals surface area contributed by atoms with Gasteiger partial charge in [-0.05, 0) is 44.2 Å². The Morgan fingerprint density at radius 1 is 1.29 bits per heavy atom. The Balaban J connectivity index is 1.65. The van der Waals surface area contributed by atoms with Crippen molar-refractivity contribution in [1.82, 2.24) is 5.32 Å². The van der Waals surface area contributed by atoms with Crippen LogP contribution < -0.4 is 10.1 Å². The third-order valence-electron chi connectivity index (χ3n) is 4.41. The molecule has 2 unspecified atom stereocenters. The van der Waals surface area contributed by atoms with E-state index in [4.69, 9.17) is 4.74 Å². The quantitative estimate of drug-likeness (QED) is 0.677. The first-order chi connectivity index (χ1) is 10.2. The van der Waals surface area contributed by atoms with E-state index >= 15 is 0 Å². The molecule has 3 N–H and O–H groups in total. The summed E-state index contributed by atoms with van der Waals surface area (Å²) in [7, 11) is 1.59. The zero-order valence-corrected chi connectivity index (χ0v) is 12.8. The van der Waals surface area contributed by atoms with Crippen molar-refractivity contribution in [1.29, 1.82) is 0 Å². The molecule has 2 rings (SSSR count). The van der Waals surface area contributed by atoms with Crippen LogP contribution in [-0.4, -0.2) is 30.0 Å². The predicted molar refractivity (Wildman–Crippen MR) is 83.6 cm³/mol. The van der Waals surface area contributed by atoms with E-state index in [0.717, 1.165) is 31.4 Å². The van der Waals surface area contributed by atoms with Gasteiger partial charge in [-0.1, -0.05) is 18.9 Å². The highest BCUT2D eigenvalue weighted by atomic mass is 16.5. The van der Waals surface area contributed by atoms with E-state index < -0.39 is 0 Å². The predicted octanol–water partition coefficient (Wildman–Crippen LogP) is 2.82. The summed E-state index contributed by atoms with van der Waals surface area (Å²) in [5.41, 5.74) is 0.883. The maximum atomic E-state index is 9.92. The molecule has 0 aliphatic heterocycles. The minimum Gasteiger partial charge on any atom is -0.507 e. The largest absolute Gasteiger partial charge is 0.507 e. The van der Waals surface area contributed by atoms with Crippen LogP contribution in [0.3, 0.4) is 0 Å². The van der Waals surface area contributed by atoms with Crippen LogP contribution in [0.15, 0.2) is 18.2 Å². The molecule has 0 spiro atoms. The lowest BCUT2D eigenvalue weighted by atomic mass is 9.83. The molecule has 2 atom stereocenters. The van der Waals surface area contributed by atoms with Crippen LogP contribution >= 0.6 is 0 Å². The lowest BCUT2D eigenvalue weighted by Gasteiger charge is -2.27. The SMILES string of the molecule is COc1ccc(CNCCCC2CCCCC2O)c(O)c1. The van der Waals surface area contributed by atoms with E-state index in [2.05, 4.69) is 5.32 Å². The normalized spacial score (nSPS) is 22.2. The molecular formula is C17H27NO3. The second-order valence-corrected chi connectivity index (χ2v) is 5.93. The van der Waals surface area contributed by atoms with E-state index in [1.165, 1.54) is 19.3 Å². The molecule has 1 aromatic carbocycles. The number of rotatable bonds is 7. The third-order valence-corrected chi connectivity index (χ3v) is 4.41. The van der Waals surface area contributed by atoms with Gasteiger partial charge in [0, 0.05) is 18.2 Å². The molecule has 118 valence electrons. The summed E-state index contributed by atoms with van der Waals surface area (Å²) in [6, 6.07) is 5.37. The Kier molecular flexibility index (Phi) is 6.33. The topological polar surface area (TPSA) is 61.7 Å². The van der Waals surface area contributed by atoms with Crippen LogP contribution in [0.2, 0.25) is 0 Å². The zero-order chi connectivity index (χ0) is 15.1. The Labute approximate surface area is 127 Å². The number of phenolic OH excluding ortho intramolecular Hbond substituents is 1. The molecule has 0 saturated heterocycles. The Morgan fingerprint density at radius 2 is 2.10 bits per heavy atom. The molecule has 4 heteroatoms. The molecule has 0 radical (unpaired) electrons. The molecular weight excluding hydrogens is 266 g/mol. The first-order valence-corrected chi connectivity index (χ1v) is 7.95. The van der Waals surface area contributed by atoms with Gasteiger partial charge in [-0.15, -0.1) is 0 Å². The Bertz CT molecular complexity index is 436. The van der Waals surface area contributed by atoms with Crippen molar-refractivity contribution in [2.24, 2.45) is 5.92 Å². The van der Waals surface area contributed by atoms with Crippen LogP contribution in [0.5, 0.6) is 11.5 Å². The molecule has 0 aromatic heterocycles. The summed E-state index contributed by atoms with van der Waals surface area (Å²) >= 11 is 0. The fourth-order valence-corrected chi connectivity index (χ4v) is 3.06. The van der Waals surface area contributed by atoms with Gasteiger partial charge in [-0.25, -0.2) is 0 Å². The van der Waals surface area contributed by atoms with Crippen LogP contribution in [0.4, 0.5) is 0 Å². The smallest absolute Gasteiger partial charge is 0.123 e. The minimum atomic E-state index is -0.0932. The van der Waals surface area contributed by atoms with Gasteiger partial charge in [-0.3, -0.25) is 0 Å². The van der Waals surface area contributed by atoms with E-state index in [9.17, 15) is 10.2 Å². The fourth-order valence-electron chi connectivity index (χ4n) is 3.06. The highest BCUT2D eigenvalue weighted by Crippen LogP contribution is 2.27. The summed E-state index contributed by atoms with van der Waals surface area (Å²) in [6.07, 6.45) is 6.63. The number of ether oxygens (including phenoxy) is 1. The van der Waals surface area contributed by atoms with Crippen LogP contribution in [0, 0.1) is 5.92 Å². The van der Waals surface area contributed by atoms with Gasteiger partial charge < -0.3 is 20.3 Å². The number of aliphatic hydroxyl groups excluding tert-OH is 1. The minimum absolute atomic E-state index is 0.0932. The molecule has 21 heavy (non-hydrogen) atoms. The highest BCUT2D eigenvalue weighted by molar-refractivity contribution is 5.39.